The molecule has 0 radical (unpaired) electrons. The van der Waals surface area contributed by atoms with Crippen LogP contribution in [0.15, 0.2) is 0 Å². The molecule has 0 heterocycles. The third-order valence-corrected chi connectivity index (χ3v) is 2.22. The Labute approximate surface area is 80.0 Å². The minimum atomic E-state index is -0.369. The Morgan fingerprint density at radius 2 is 2.08 bits per heavy atom. The van der Waals surface area contributed by atoms with Crippen molar-refractivity contribution < 1.29 is 9.53 Å². The molecule has 2 N–H and O–H groups in total. The van der Waals surface area contributed by atoms with Gasteiger partial charge < -0.3 is 15.4 Å². The summed E-state index contributed by atoms with van der Waals surface area (Å²) in [6.07, 6.45) is 0.810. The van der Waals surface area contributed by atoms with Crippen LogP contribution in [0.4, 0.5) is 0 Å². The van der Waals surface area contributed by atoms with E-state index in [2.05, 4.69) is 0 Å². The molecule has 78 valence electrons. The van der Waals surface area contributed by atoms with E-state index in [1.165, 1.54) is 4.90 Å². The first-order chi connectivity index (χ1) is 5.95. The lowest BCUT2D eigenvalue weighted by Crippen LogP contribution is -2.40. The van der Waals surface area contributed by atoms with Crippen molar-refractivity contribution in [1.82, 2.24) is 4.90 Å². The molecule has 0 spiro atoms. The van der Waals surface area contributed by atoms with Crippen molar-refractivity contribution in [2.75, 3.05) is 27.2 Å². The van der Waals surface area contributed by atoms with E-state index in [0.29, 0.717) is 6.54 Å². The van der Waals surface area contributed by atoms with E-state index in [-0.39, 0.29) is 18.1 Å². The van der Waals surface area contributed by atoms with Crippen LogP contribution < -0.4 is 5.73 Å². The Bertz CT molecular complexity index is 165. The molecule has 0 bridgehead atoms. The fourth-order valence-electron chi connectivity index (χ4n) is 0.670. The molecule has 4 heteroatoms. The molecule has 0 aliphatic rings. The standard InChI is InChI=1S/C9H20N2O2/c1-5-9(2,7-10)13-6-8(12)11(3)4/h5-7,10H2,1-4H3. The van der Waals surface area contributed by atoms with Crippen molar-refractivity contribution in [2.24, 2.45) is 5.73 Å². The molecule has 0 aliphatic heterocycles. The molecule has 0 aromatic heterocycles. The van der Waals surface area contributed by atoms with Crippen LogP contribution in [-0.2, 0) is 9.53 Å². The monoisotopic (exact) mass is 188 g/mol. The van der Waals surface area contributed by atoms with Gasteiger partial charge in [0.25, 0.3) is 0 Å². The highest BCUT2D eigenvalue weighted by molar-refractivity contribution is 5.76. The molecule has 4 nitrogen and oxygen atoms in total. The molecular formula is C9H20N2O2. The highest BCUT2D eigenvalue weighted by atomic mass is 16.5. The summed E-state index contributed by atoms with van der Waals surface area (Å²) in [5, 5.41) is 0. The molecule has 0 saturated carbocycles. The lowest BCUT2D eigenvalue weighted by molar-refractivity contribution is -0.139. The van der Waals surface area contributed by atoms with Gasteiger partial charge in [0.1, 0.15) is 6.61 Å². The summed E-state index contributed by atoms with van der Waals surface area (Å²) in [5.74, 6) is -0.0341. The SMILES string of the molecule is CCC(C)(CN)OCC(=O)N(C)C. The minimum absolute atomic E-state index is 0.0341. The summed E-state index contributed by atoms with van der Waals surface area (Å²) in [6, 6.07) is 0. The zero-order chi connectivity index (χ0) is 10.5. The van der Waals surface area contributed by atoms with Crippen molar-refractivity contribution in [3.63, 3.8) is 0 Å². The fourth-order valence-corrected chi connectivity index (χ4v) is 0.670. The lowest BCUT2D eigenvalue weighted by atomic mass is 10.0. The topological polar surface area (TPSA) is 55.6 Å². The largest absolute Gasteiger partial charge is 0.364 e. The van der Waals surface area contributed by atoms with Crippen molar-refractivity contribution in [2.45, 2.75) is 25.9 Å². The van der Waals surface area contributed by atoms with E-state index in [9.17, 15) is 4.79 Å². The maximum atomic E-state index is 11.2. The molecule has 0 fully saturated rings. The summed E-state index contributed by atoms with van der Waals surface area (Å²) in [4.78, 5) is 12.7. The van der Waals surface area contributed by atoms with Crippen LogP contribution in [0.2, 0.25) is 0 Å². The number of likely N-dealkylation sites (N-methyl/N-ethyl adjacent to an activating group) is 1. The van der Waals surface area contributed by atoms with Gasteiger partial charge in [0, 0.05) is 20.6 Å². The molecule has 0 saturated heterocycles. The van der Waals surface area contributed by atoms with Crippen molar-refractivity contribution in [1.29, 1.82) is 0 Å². The number of ether oxygens (including phenoxy) is 1. The number of amides is 1. The molecule has 0 aromatic carbocycles. The van der Waals surface area contributed by atoms with E-state index >= 15 is 0 Å². The van der Waals surface area contributed by atoms with Gasteiger partial charge in [-0.3, -0.25) is 4.79 Å². The van der Waals surface area contributed by atoms with Gasteiger partial charge in [-0.25, -0.2) is 0 Å². The second kappa shape index (κ2) is 5.19. The van der Waals surface area contributed by atoms with E-state index in [1.54, 1.807) is 14.1 Å². The number of carbonyl (C=O) groups excluding carboxylic acids is 1. The quantitative estimate of drug-likeness (QED) is 0.671. The van der Waals surface area contributed by atoms with Crippen LogP contribution in [0.3, 0.4) is 0 Å². The molecule has 1 amide bonds. The predicted octanol–water partition coefficient (Wildman–Crippen LogP) is 0.219. The number of hydrogen-bond acceptors (Lipinski definition) is 3. The van der Waals surface area contributed by atoms with Gasteiger partial charge in [-0.2, -0.15) is 0 Å². The normalized spacial score (nSPS) is 15.2. The number of nitrogens with two attached hydrogens (primary N) is 1. The highest BCUT2D eigenvalue weighted by Crippen LogP contribution is 2.12. The first kappa shape index (κ1) is 12.4. The smallest absolute Gasteiger partial charge is 0.248 e. The van der Waals surface area contributed by atoms with Gasteiger partial charge in [0.05, 0.1) is 5.60 Å². The van der Waals surface area contributed by atoms with Crippen LogP contribution in [0.1, 0.15) is 20.3 Å². The van der Waals surface area contributed by atoms with Gasteiger partial charge in [-0.1, -0.05) is 6.92 Å². The number of hydrogen-bond donors (Lipinski definition) is 1. The second-order valence-electron chi connectivity index (χ2n) is 3.58. The summed E-state index contributed by atoms with van der Waals surface area (Å²) >= 11 is 0. The van der Waals surface area contributed by atoms with Crippen LogP contribution >= 0.6 is 0 Å². The molecule has 0 aromatic rings. The number of rotatable bonds is 5. The van der Waals surface area contributed by atoms with Crippen molar-refractivity contribution in [3.05, 3.63) is 0 Å². The predicted molar refractivity (Wildman–Crippen MR) is 52.4 cm³/mol. The van der Waals surface area contributed by atoms with E-state index < -0.39 is 0 Å². The van der Waals surface area contributed by atoms with Gasteiger partial charge in [-0.15, -0.1) is 0 Å². The molecular weight excluding hydrogens is 168 g/mol. The first-order valence-electron chi connectivity index (χ1n) is 4.49. The van der Waals surface area contributed by atoms with Crippen molar-refractivity contribution >= 4 is 5.91 Å². The van der Waals surface area contributed by atoms with Crippen LogP contribution in [-0.4, -0.2) is 43.7 Å². The first-order valence-corrected chi connectivity index (χ1v) is 4.49. The zero-order valence-electron chi connectivity index (χ0n) is 8.96. The minimum Gasteiger partial charge on any atom is -0.364 e. The Hall–Kier alpha value is -0.610. The zero-order valence-corrected chi connectivity index (χ0v) is 8.96. The Morgan fingerprint density at radius 1 is 1.54 bits per heavy atom. The Morgan fingerprint density at radius 3 is 2.38 bits per heavy atom. The molecule has 13 heavy (non-hydrogen) atoms. The lowest BCUT2D eigenvalue weighted by Gasteiger charge is -2.27. The number of carbonyl (C=O) groups is 1. The number of nitrogens with zero attached hydrogens (tertiary/aromatic N) is 1. The second-order valence-corrected chi connectivity index (χ2v) is 3.58. The summed E-state index contributed by atoms with van der Waals surface area (Å²) < 4.78 is 5.43. The molecule has 0 aliphatic carbocycles. The Kier molecular flexibility index (Phi) is 4.95. The Balaban J connectivity index is 3.92. The van der Waals surface area contributed by atoms with Crippen LogP contribution in [0.25, 0.3) is 0 Å². The van der Waals surface area contributed by atoms with Crippen LogP contribution in [0, 0.1) is 0 Å². The molecule has 0 rings (SSSR count). The van der Waals surface area contributed by atoms with E-state index in [0.717, 1.165) is 6.42 Å². The summed E-state index contributed by atoms with van der Waals surface area (Å²) in [6.45, 7) is 4.45. The maximum Gasteiger partial charge on any atom is 0.248 e. The highest BCUT2D eigenvalue weighted by Gasteiger charge is 2.22. The average molecular weight is 188 g/mol. The fraction of sp³-hybridized carbons (Fsp3) is 0.889. The van der Waals surface area contributed by atoms with Gasteiger partial charge >= 0.3 is 0 Å². The average Bonchev–Trinajstić information content (AvgIpc) is 2.13. The van der Waals surface area contributed by atoms with Gasteiger partial charge in [0.2, 0.25) is 5.91 Å². The summed E-state index contributed by atoms with van der Waals surface area (Å²) in [5.41, 5.74) is 5.16. The van der Waals surface area contributed by atoms with E-state index in [1.807, 2.05) is 13.8 Å². The molecule has 1 unspecified atom stereocenters. The maximum absolute atomic E-state index is 11.2. The molecule has 1 atom stereocenters. The van der Waals surface area contributed by atoms with Crippen molar-refractivity contribution in [3.8, 4) is 0 Å². The third kappa shape index (κ3) is 4.24. The van der Waals surface area contributed by atoms with E-state index in [4.69, 9.17) is 10.5 Å². The van der Waals surface area contributed by atoms with Gasteiger partial charge in [-0.05, 0) is 13.3 Å². The van der Waals surface area contributed by atoms with Crippen LogP contribution in [0.5, 0.6) is 0 Å². The summed E-state index contributed by atoms with van der Waals surface area (Å²) in [7, 11) is 3.41. The third-order valence-electron chi connectivity index (χ3n) is 2.22. The van der Waals surface area contributed by atoms with Gasteiger partial charge in [0.15, 0.2) is 0 Å².